The zero-order chi connectivity index (χ0) is 22.2. The molecule has 164 valence electrons. The van der Waals surface area contributed by atoms with Gasteiger partial charge in [0.1, 0.15) is 5.82 Å². The monoisotopic (exact) mass is 429 g/mol. The van der Waals surface area contributed by atoms with Crippen molar-refractivity contribution in [3.8, 4) is 5.82 Å². The first-order valence-corrected chi connectivity index (χ1v) is 11.1. The van der Waals surface area contributed by atoms with Gasteiger partial charge in [-0.1, -0.05) is 12.1 Å². The first-order chi connectivity index (χ1) is 15.5. The number of rotatable bonds is 4. The first kappa shape index (κ1) is 20.4. The number of hydrogen-bond donors (Lipinski definition) is 1. The maximum absolute atomic E-state index is 12.6. The lowest BCUT2D eigenvalue weighted by Crippen LogP contribution is -2.34. The highest BCUT2D eigenvalue weighted by atomic mass is 16.1. The second-order valence-electron chi connectivity index (χ2n) is 8.61. The van der Waals surface area contributed by atoms with Crippen molar-refractivity contribution in [2.75, 3.05) is 5.32 Å². The highest BCUT2D eigenvalue weighted by Crippen LogP contribution is 2.29. The Bertz CT molecular complexity index is 1330. The average Bonchev–Trinajstić information content (AvgIpc) is 3.13. The molecule has 0 radical (unpaired) electrons. The molecular weight excluding hydrogens is 402 g/mol. The Hall–Kier alpha value is -3.55. The average molecular weight is 430 g/mol. The van der Waals surface area contributed by atoms with E-state index in [1.165, 1.54) is 0 Å². The summed E-state index contributed by atoms with van der Waals surface area (Å²) in [6.07, 6.45) is 3.64. The van der Waals surface area contributed by atoms with E-state index >= 15 is 0 Å². The number of benzene rings is 1. The molecule has 0 aliphatic heterocycles. The van der Waals surface area contributed by atoms with Crippen molar-refractivity contribution in [3.63, 3.8) is 0 Å². The maximum atomic E-state index is 12.6. The van der Waals surface area contributed by atoms with Gasteiger partial charge in [-0.2, -0.15) is 5.10 Å². The van der Waals surface area contributed by atoms with E-state index in [2.05, 4.69) is 20.5 Å². The van der Waals surface area contributed by atoms with Crippen LogP contribution in [0.1, 0.15) is 48.8 Å². The number of fused-ring (bicyclic) bond motifs is 1. The van der Waals surface area contributed by atoms with Crippen molar-refractivity contribution >= 4 is 16.9 Å². The van der Waals surface area contributed by atoms with Gasteiger partial charge >= 0.3 is 0 Å². The lowest BCUT2D eigenvalue weighted by atomic mass is 9.91. The van der Waals surface area contributed by atoms with E-state index in [9.17, 15) is 4.79 Å². The summed E-state index contributed by atoms with van der Waals surface area (Å²) in [5.74, 6) is 1.52. The summed E-state index contributed by atoms with van der Waals surface area (Å²) in [6.45, 7) is 5.93. The second-order valence-corrected chi connectivity index (χ2v) is 8.61. The van der Waals surface area contributed by atoms with Crippen LogP contribution in [0.5, 0.6) is 0 Å². The summed E-state index contributed by atoms with van der Waals surface area (Å²) in [7, 11) is 0. The minimum atomic E-state index is -0.0667. The van der Waals surface area contributed by atoms with Gasteiger partial charge in [0.05, 0.1) is 28.5 Å². The van der Waals surface area contributed by atoms with E-state index in [4.69, 9.17) is 4.98 Å². The highest BCUT2D eigenvalue weighted by Gasteiger charge is 2.25. The summed E-state index contributed by atoms with van der Waals surface area (Å²) < 4.78 is 3.43. The molecule has 1 N–H and O–H groups in total. The molecule has 0 bridgehead atoms. The quantitative estimate of drug-likeness (QED) is 0.529. The van der Waals surface area contributed by atoms with Crippen LogP contribution < -0.4 is 10.9 Å². The van der Waals surface area contributed by atoms with Crippen LogP contribution in [0.3, 0.4) is 0 Å². The Kier molecular flexibility index (Phi) is 5.20. The van der Waals surface area contributed by atoms with Gasteiger partial charge in [0.2, 0.25) is 0 Å². The fraction of sp³-hybridized carbons (Fsp3) is 0.375. The summed E-state index contributed by atoms with van der Waals surface area (Å²) in [5, 5.41) is 12.7. The summed E-state index contributed by atoms with van der Waals surface area (Å²) >= 11 is 0. The molecular formula is C24H27N7O. The smallest absolute Gasteiger partial charge is 0.267 e. The standard InChI is InChI=1S/C24H27N7O/c1-15-14-16(2)30(28-15)22-12-13-23(32)31(29-22)19-10-8-18(9-11-19)26-24-17(3)25-20-6-4-5-7-21(20)27-24/h4-7,12-14,18-19H,8-11H2,1-3H3,(H,26,27). The van der Waals surface area contributed by atoms with Crippen LogP contribution in [0.4, 0.5) is 5.82 Å². The predicted octanol–water partition coefficient (Wildman–Crippen LogP) is 3.89. The molecule has 0 amide bonds. The molecule has 0 spiro atoms. The second kappa shape index (κ2) is 8.18. The minimum Gasteiger partial charge on any atom is -0.366 e. The minimum absolute atomic E-state index is 0.0667. The molecule has 1 aliphatic carbocycles. The van der Waals surface area contributed by atoms with Gasteiger partial charge in [-0.3, -0.25) is 4.79 Å². The lowest BCUT2D eigenvalue weighted by Gasteiger charge is -2.30. The summed E-state index contributed by atoms with van der Waals surface area (Å²) in [5.41, 5.74) is 4.57. The Morgan fingerprint density at radius 2 is 1.62 bits per heavy atom. The largest absolute Gasteiger partial charge is 0.366 e. The normalized spacial score (nSPS) is 18.7. The lowest BCUT2D eigenvalue weighted by molar-refractivity contribution is 0.302. The predicted molar refractivity (Wildman–Crippen MR) is 124 cm³/mol. The van der Waals surface area contributed by atoms with Crippen molar-refractivity contribution < 1.29 is 0 Å². The third kappa shape index (κ3) is 3.88. The molecule has 5 rings (SSSR count). The number of nitrogens with zero attached hydrogens (tertiary/aromatic N) is 6. The van der Waals surface area contributed by atoms with Crippen LogP contribution in [0.15, 0.2) is 47.3 Å². The third-order valence-electron chi connectivity index (χ3n) is 6.17. The zero-order valence-electron chi connectivity index (χ0n) is 18.6. The van der Waals surface area contributed by atoms with Crippen molar-refractivity contribution in [3.05, 3.63) is 69.9 Å². The Labute approximate surface area is 186 Å². The molecule has 8 nitrogen and oxygen atoms in total. The van der Waals surface area contributed by atoms with Crippen LogP contribution in [0.25, 0.3) is 16.9 Å². The molecule has 0 saturated heterocycles. The molecule has 8 heteroatoms. The Balaban J connectivity index is 1.31. The van der Waals surface area contributed by atoms with Gasteiger partial charge < -0.3 is 5.32 Å². The van der Waals surface area contributed by atoms with Crippen LogP contribution in [-0.4, -0.2) is 35.6 Å². The maximum Gasteiger partial charge on any atom is 0.267 e. The Morgan fingerprint density at radius 3 is 2.31 bits per heavy atom. The van der Waals surface area contributed by atoms with Crippen molar-refractivity contribution in [1.82, 2.24) is 29.5 Å². The fourth-order valence-electron chi connectivity index (χ4n) is 4.53. The zero-order valence-corrected chi connectivity index (χ0v) is 18.6. The van der Waals surface area contributed by atoms with E-state index in [0.29, 0.717) is 11.9 Å². The third-order valence-corrected chi connectivity index (χ3v) is 6.17. The number of nitrogens with one attached hydrogen (secondary N) is 1. The van der Waals surface area contributed by atoms with Crippen LogP contribution in [0, 0.1) is 20.8 Å². The van der Waals surface area contributed by atoms with E-state index in [1.54, 1.807) is 21.5 Å². The molecule has 1 aromatic carbocycles. The van der Waals surface area contributed by atoms with Crippen molar-refractivity contribution in [2.24, 2.45) is 0 Å². The van der Waals surface area contributed by atoms with Gasteiger partial charge in [0.25, 0.3) is 5.56 Å². The SMILES string of the molecule is Cc1cc(C)n(-c2ccc(=O)n(C3CCC(Nc4nc5ccccc5nc4C)CC3)n2)n1. The fourth-order valence-corrected chi connectivity index (χ4v) is 4.53. The Morgan fingerprint density at radius 1 is 0.906 bits per heavy atom. The van der Waals surface area contributed by atoms with Gasteiger partial charge in [0, 0.05) is 17.8 Å². The van der Waals surface area contributed by atoms with E-state index in [-0.39, 0.29) is 11.6 Å². The molecule has 4 aromatic rings. The van der Waals surface area contributed by atoms with Crippen LogP contribution >= 0.6 is 0 Å². The molecule has 1 saturated carbocycles. The molecule has 32 heavy (non-hydrogen) atoms. The highest BCUT2D eigenvalue weighted by molar-refractivity contribution is 5.76. The number of aromatic nitrogens is 6. The number of hydrogen-bond acceptors (Lipinski definition) is 6. The molecule has 0 atom stereocenters. The number of aryl methyl sites for hydroxylation is 3. The molecule has 0 unspecified atom stereocenters. The van der Waals surface area contributed by atoms with E-state index in [1.807, 2.05) is 51.1 Å². The number of anilines is 1. The first-order valence-electron chi connectivity index (χ1n) is 11.1. The number of para-hydroxylation sites is 2. The molecule has 3 aromatic heterocycles. The summed E-state index contributed by atoms with van der Waals surface area (Å²) in [4.78, 5) is 22.0. The van der Waals surface area contributed by atoms with Gasteiger partial charge in [-0.05, 0) is 70.7 Å². The molecule has 3 heterocycles. The van der Waals surface area contributed by atoms with Crippen molar-refractivity contribution in [1.29, 1.82) is 0 Å². The van der Waals surface area contributed by atoms with Crippen LogP contribution in [0.2, 0.25) is 0 Å². The van der Waals surface area contributed by atoms with Crippen molar-refractivity contribution in [2.45, 2.75) is 58.5 Å². The molecule has 1 fully saturated rings. The molecule has 1 aliphatic rings. The topological polar surface area (TPSA) is 90.5 Å². The van der Waals surface area contributed by atoms with Gasteiger partial charge in [-0.25, -0.2) is 19.3 Å². The van der Waals surface area contributed by atoms with Crippen LogP contribution in [-0.2, 0) is 0 Å². The van der Waals surface area contributed by atoms with Gasteiger partial charge in [0.15, 0.2) is 5.82 Å². The van der Waals surface area contributed by atoms with E-state index in [0.717, 1.165) is 59.6 Å². The van der Waals surface area contributed by atoms with Gasteiger partial charge in [-0.15, -0.1) is 5.10 Å². The van der Waals surface area contributed by atoms with E-state index < -0.39 is 0 Å². The summed E-state index contributed by atoms with van der Waals surface area (Å²) in [6, 6.07) is 13.6.